The zero-order chi connectivity index (χ0) is 37.5. The number of nitrogens with zero attached hydrogens (tertiary/aromatic N) is 1. The van der Waals surface area contributed by atoms with Crippen molar-refractivity contribution >= 4 is 40.9 Å². The van der Waals surface area contributed by atoms with Crippen LogP contribution < -0.4 is 5.32 Å². The van der Waals surface area contributed by atoms with Gasteiger partial charge in [-0.25, -0.2) is 9.59 Å². The molecule has 272 valence electrons. The number of ketones is 3. The summed E-state index contributed by atoms with van der Waals surface area (Å²) in [6, 6.07) is 17.2. The van der Waals surface area contributed by atoms with Crippen LogP contribution in [0.3, 0.4) is 0 Å². The summed E-state index contributed by atoms with van der Waals surface area (Å²) in [4.78, 5) is 72.3. The van der Waals surface area contributed by atoms with E-state index in [2.05, 4.69) is 16.9 Å². The van der Waals surface area contributed by atoms with E-state index in [1.807, 2.05) is 29.1 Å². The lowest BCUT2D eigenvalue weighted by Gasteiger charge is -2.14. The first kappa shape index (κ1) is 39.0. The van der Waals surface area contributed by atoms with E-state index in [1.165, 1.54) is 6.08 Å². The van der Waals surface area contributed by atoms with Gasteiger partial charge < -0.3 is 24.3 Å². The number of nitrogens with one attached hydrogen (secondary N) is 2. The topological polar surface area (TPSA) is 154 Å². The summed E-state index contributed by atoms with van der Waals surface area (Å²) in [7, 11) is 0. The zero-order valence-corrected chi connectivity index (χ0v) is 29.7. The number of aromatic amines is 1. The minimum absolute atomic E-state index is 0.137. The van der Waals surface area contributed by atoms with Gasteiger partial charge in [0.2, 0.25) is 5.91 Å². The van der Waals surface area contributed by atoms with Crippen molar-refractivity contribution in [3.05, 3.63) is 125 Å². The Balaban J connectivity index is 0.000000196. The van der Waals surface area contributed by atoms with Crippen LogP contribution in [0.1, 0.15) is 104 Å². The summed E-state index contributed by atoms with van der Waals surface area (Å²) in [6.45, 7) is 8.14. The molecular formula is C41H45N3O8. The number of fused-ring (bicyclic) bond motifs is 2. The standard InChI is InChI=1S/C21H23NO4.C12H13NO3.C8H9NO/c1-2-26-21(25)16-8-6-15(7-9-16)14-17(23)10-12-22-13-11-18-19(22)4-3-5-20(18)24;1-3-11(14)13-10-7-5-9(6-8-10)12(15)16-4-2;10-8-3-1-2-7-6(8)4-5-9-7/h6-9,11,13H,2-5,10,12,14H2,1H3;3,5-8H,1,4H2,2H3,(H,13,14);4-5,9H,1-3H2. The summed E-state index contributed by atoms with van der Waals surface area (Å²) in [6.07, 6.45) is 10.9. The highest BCUT2D eigenvalue weighted by atomic mass is 16.5. The first-order valence-corrected chi connectivity index (χ1v) is 17.5. The fourth-order valence-electron chi connectivity index (χ4n) is 5.86. The predicted octanol–water partition coefficient (Wildman–Crippen LogP) is 6.91. The van der Waals surface area contributed by atoms with Crippen LogP contribution in [0.15, 0.2) is 85.7 Å². The van der Waals surface area contributed by atoms with Gasteiger partial charge in [0, 0.05) is 72.8 Å². The number of H-pyrrole nitrogens is 1. The molecule has 4 aromatic rings. The number of ether oxygens (including phenoxy) is 2. The summed E-state index contributed by atoms with van der Waals surface area (Å²) in [5.74, 6) is -0.371. The highest BCUT2D eigenvalue weighted by Crippen LogP contribution is 2.23. The van der Waals surface area contributed by atoms with Crippen LogP contribution in [-0.4, -0.2) is 58.0 Å². The predicted molar refractivity (Wildman–Crippen MR) is 197 cm³/mol. The molecule has 6 rings (SSSR count). The van der Waals surface area contributed by atoms with Crippen molar-refractivity contribution in [3.8, 4) is 0 Å². The molecule has 2 heterocycles. The SMILES string of the molecule is C=CC(=O)Nc1ccc(C(=O)OCC)cc1.CCOC(=O)c1ccc(CC(=O)CCn2ccc3c2CCCC3=O)cc1.O=C1CCCc2[nH]ccc21. The number of amides is 1. The first-order valence-electron chi connectivity index (χ1n) is 17.5. The van der Waals surface area contributed by atoms with E-state index in [9.17, 15) is 28.8 Å². The Kier molecular flexibility index (Phi) is 14.6. The monoisotopic (exact) mass is 707 g/mol. The summed E-state index contributed by atoms with van der Waals surface area (Å²) < 4.78 is 11.8. The average molecular weight is 708 g/mol. The molecule has 52 heavy (non-hydrogen) atoms. The van der Waals surface area contributed by atoms with E-state index >= 15 is 0 Å². The number of carbonyl (C=O) groups excluding carboxylic acids is 6. The number of aryl methyl sites for hydroxylation is 2. The second kappa shape index (κ2) is 19.5. The lowest BCUT2D eigenvalue weighted by molar-refractivity contribution is -0.118. The third-order valence-electron chi connectivity index (χ3n) is 8.51. The fourth-order valence-corrected chi connectivity index (χ4v) is 5.86. The van der Waals surface area contributed by atoms with Gasteiger partial charge in [-0.2, -0.15) is 0 Å². The van der Waals surface area contributed by atoms with Gasteiger partial charge in [-0.3, -0.25) is 19.2 Å². The number of hydrogen-bond donors (Lipinski definition) is 2. The van der Waals surface area contributed by atoms with Crippen LogP contribution in [-0.2, 0) is 44.9 Å². The molecule has 2 aromatic carbocycles. The lowest BCUT2D eigenvalue weighted by atomic mass is 9.97. The van der Waals surface area contributed by atoms with E-state index in [4.69, 9.17) is 9.47 Å². The summed E-state index contributed by atoms with van der Waals surface area (Å²) in [5, 5.41) is 2.58. The number of esters is 2. The Morgan fingerprint density at radius 2 is 1.38 bits per heavy atom. The molecule has 11 heteroatoms. The molecule has 0 aliphatic heterocycles. The van der Waals surface area contributed by atoms with Crippen molar-refractivity contribution in [1.29, 1.82) is 0 Å². The maximum atomic E-state index is 12.3. The highest BCUT2D eigenvalue weighted by Gasteiger charge is 2.21. The van der Waals surface area contributed by atoms with Gasteiger partial charge >= 0.3 is 11.9 Å². The van der Waals surface area contributed by atoms with Crippen LogP contribution in [0.2, 0.25) is 0 Å². The number of aromatic nitrogens is 2. The molecule has 0 saturated heterocycles. The minimum Gasteiger partial charge on any atom is -0.462 e. The number of benzene rings is 2. The molecule has 1 amide bonds. The van der Waals surface area contributed by atoms with E-state index in [0.717, 1.165) is 60.2 Å². The molecule has 2 aromatic heterocycles. The second-order valence-corrected chi connectivity index (χ2v) is 12.2. The van der Waals surface area contributed by atoms with Gasteiger partial charge in [-0.05, 0) is 99.7 Å². The van der Waals surface area contributed by atoms with Gasteiger partial charge in [0.25, 0.3) is 0 Å². The van der Waals surface area contributed by atoms with Crippen molar-refractivity contribution in [2.24, 2.45) is 0 Å². The number of rotatable bonds is 11. The Labute approximate surface area is 303 Å². The average Bonchev–Trinajstić information content (AvgIpc) is 3.81. The molecule has 0 saturated carbocycles. The van der Waals surface area contributed by atoms with Crippen molar-refractivity contribution < 1.29 is 38.2 Å². The van der Waals surface area contributed by atoms with Gasteiger partial charge in [-0.1, -0.05) is 18.7 Å². The third kappa shape index (κ3) is 11.1. The molecule has 2 aliphatic rings. The van der Waals surface area contributed by atoms with E-state index in [-0.39, 0.29) is 29.4 Å². The maximum absolute atomic E-state index is 12.3. The lowest BCUT2D eigenvalue weighted by Crippen LogP contribution is -2.15. The highest BCUT2D eigenvalue weighted by molar-refractivity contribution is 6.00. The molecule has 0 radical (unpaired) electrons. The normalized spacial score (nSPS) is 12.8. The molecule has 2 N–H and O–H groups in total. The Morgan fingerprint density at radius 3 is 1.98 bits per heavy atom. The zero-order valence-electron chi connectivity index (χ0n) is 29.7. The van der Waals surface area contributed by atoms with Crippen molar-refractivity contribution in [2.75, 3.05) is 18.5 Å². The molecular weight excluding hydrogens is 662 g/mol. The van der Waals surface area contributed by atoms with E-state index in [1.54, 1.807) is 62.4 Å². The van der Waals surface area contributed by atoms with Crippen LogP contribution >= 0.6 is 0 Å². The summed E-state index contributed by atoms with van der Waals surface area (Å²) >= 11 is 0. The first-order chi connectivity index (χ1) is 25.1. The maximum Gasteiger partial charge on any atom is 0.338 e. The Morgan fingerprint density at radius 1 is 0.788 bits per heavy atom. The Hall–Kier alpha value is -5.84. The number of anilines is 1. The quantitative estimate of drug-likeness (QED) is 0.126. The van der Waals surface area contributed by atoms with Crippen LogP contribution in [0.25, 0.3) is 0 Å². The molecule has 0 fully saturated rings. The molecule has 0 spiro atoms. The molecule has 11 nitrogen and oxygen atoms in total. The van der Waals surface area contributed by atoms with Crippen LogP contribution in [0.4, 0.5) is 5.69 Å². The van der Waals surface area contributed by atoms with Gasteiger partial charge in [-0.15, -0.1) is 0 Å². The minimum atomic E-state index is -0.371. The molecule has 0 unspecified atom stereocenters. The summed E-state index contributed by atoms with van der Waals surface area (Å²) in [5.41, 5.74) is 6.35. The number of Topliss-reactive ketones (excluding diaryl/α,β-unsaturated/α-hetero) is 3. The second-order valence-electron chi connectivity index (χ2n) is 12.2. The van der Waals surface area contributed by atoms with Crippen molar-refractivity contribution in [2.45, 2.75) is 71.8 Å². The van der Waals surface area contributed by atoms with E-state index < -0.39 is 0 Å². The van der Waals surface area contributed by atoms with Gasteiger partial charge in [0.05, 0.1) is 24.3 Å². The van der Waals surface area contributed by atoms with Gasteiger partial charge in [0.15, 0.2) is 11.6 Å². The smallest absolute Gasteiger partial charge is 0.338 e. The van der Waals surface area contributed by atoms with E-state index in [0.29, 0.717) is 61.6 Å². The van der Waals surface area contributed by atoms with Crippen molar-refractivity contribution in [1.82, 2.24) is 9.55 Å². The van der Waals surface area contributed by atoms with Crippen molar-refractivity contribution in [3.63, 3.8) is 0 Å². The molecule has 2 aliphatic carbocycles. The van der Waals surface area contributed by atoms with Gasteiger partial charge in [0.1, 0.15) is 5.78 Å². The number of carbonyl (C=O) groups is 6. The van der Waals surface area contributed by atoms with Crippen LogP contribution in [0, 0.1) is 0 Å². The molecule has 0 bridgehead atoms. The van der Waals surface area contributed by atoms with Crippen LogP contribution in [0.5, 0.6) is 0 Å². The Bertz CT molecular complexity index is 1880. The molecule has 0 atom stereocenters. The third-order valence-corrected chi connectivity index (χ3v) is 8.51. The number of hydrogen-bond acceptors (Lipinski definition) is 8. The largest absolute Gasteiger partial charge is 0.462 e. The fraction of sp³-hybridized carbons (Fsp3) is 0.317.